The number of nitrogens with one attached hydrogen (secondary N) is 2. The SMILES string of the molecule is CCOCCOc1ccc(NCC(=O)Nc2cccc(Br)c2)cc1. The average Bonchev–Trinajstić information content (AvgIpc) is 2.58. The van der Waals surface area contributed by atoms with Gasteiger partial charge in [-0.1, -0.05) is 22.0 Å². The van der Waals surface area contributed by atoms with E-state index in [2.05, 4.69) is 26.6 Å². The fourth-order valence-corrected chi connectivity index (χ4v) is 2.38. The van der Waals surface area contributed by atoms with E-state index < -0.39 is 0 Å². The van der Waals surface area contributed by atoms with Gasteiger partial charge in [-0.2, -0.15) is 0 Å². The lowest BCUT2D eigenvalue weighted by molar-refractivity contribution is -0.114. The van der Waals surface area contributed by atoms with E-state index in [1.54, 1.807) is 0 Å². The Balaban J connectivity index is 1.74. The van der Waals surface area contributed by atoms with Crippen LogP contribution < -0.4 is 15.4 Å². The molecule has 6 heteroatoms. The zero-order chi connectivity index (χ0) is 17.2. The molecule has 0 aliphatic carbocycles. The van der Waals surface area contributed by atoms with Crippen LogP contribution in [0.15, 0.2) is 53.0 Å². The van der Waals surface area contributed by atoms with Gasteiger partial charge in [0.25, 0.3) is 0 Å². The van der Waals surface area contributed by atoms with Gasteiger partial charge in [0.15, 0.2) is 0 Å². The summed E-state index contributed by atoms with van der Waals surface area (Å²) in [6, 6.07) is 15.0. The van der Waals surface area contributed by atoms with Crippen LogP contribution in [0.3, 0.4) is 0 Å². The van der Waals surface area contributed by atoms with Gasteiger partial charge in [-0.05, 0) is 49.4 Å². The summed E-state index contributed by atoms with van der Waals surface area (Å²) < 4.78 is 11.7. The molecule has 24 heavy (non-hydrogen) atoms. The Kier molecular flexibility index (Phi) is 7.58. The Morgan fingerprint density at radius 3 is 2.58 bits per heavy atom. The van der Waals surface area contributed by atoms with Gasteiger partial charge < -0.3 is 20.1 Å². The monoisotopic (exact) mass is 392 g/mol. The minimum atomic E-state index is -0.106. The molecule has 0 saturated heterocycles. The zero-order valence-corrected chi connectivity index (χ0v) is 15.1. The number of hydrogen-bond acceptors (Lipinski definition) is 4. The fourth-order valence-electron chi connectivity index (χ4n) is 1.99. The molecule has 128 valence electrons. The van der Waals surface area contributed by atoms with Crippen molar-refractivity contribution in [2.45, 2.75) is 6.92 Å². The molecule has 2 aromatic rings. The van der Waals surface area contributed by atoms with Crippen molar-refractivity contribution in [2.24, 2.45) is 0 Å². The first-order valence-corrected chi connectivity index (χ1v) is 8.56. The Bertz CT molecular complexity index is 647. The van der Waals surface area contributed by atoms with Crippen LogP contribution in [-0.2, 0) is 9.53 Å². The first kappa shape index (κ1) is 18.3. The third-order valence-electron chi connectivity index (χ3n) is 3.12. The van der Waals surface area contributed by atoms with E-state index in [4.69, 9.17) is 9.47 Å². The summed E-state index contributed by atoms with van der Waals surface area (Å²) in [7, 11) is 0. The summed E-state index contributed by atoms with van der Waals surface area (Å²) in [5, 5.41) is 5.91. The first-order chi connectivity index (χ1) is 11.7. The molecule has 0 spiro atoms. The molecular formula is C18H21BrN2O3. The Morgan fingerprint density at radius 2 is 1.88 bits per heavy atom. The molecule has 0 unspecified atom stereocenters. The summed E-state index contributed by atoms with van der Waals surface area (Å²) in [6.45, 7) is 3.93. The quantitative estimate of drug-likeness (QED) is 0.635. The summed E-state index contributed by atoms with van der Waals surface area (Å²) in [6.07, 6.45) is 0. The van der Waals surface area contributed by atoms with E-state index in [9.17, 15) is 4.79 Å². The number of halogens is 1. The van der Waals surface area contributed by atoms with Gasteiger partial charge in [0.05, 0.1) is 13.2 Å². The second-order valence-corrected chi connectivity index (χ2v) is 5.90. The maximum absolute atomic E-state index is 11.9. The third kappa shape index (κ3) is 6.60. The second-order valence-electron chi connectivity index (χ2n) is 4.98. The van der Waals surface area contributed by atoms with Gasteiger partial charge >= 0.3 is 0 Å². The number of benzene rings is 2. The van der Waals surface area contributed by atoms with E-state index in [0.717, 1.165) is 21.6 Å². The number of hydrogen-bond donors (Lipinski definition) is 2. The Morgan fingerprint density at radius 1 is 1.08 bits per heavy atom. The molecule has 0 radical (unpaired) electrons. The van der Waals surface area contributed by atoms with Crippen molar-refractivity contribution in [3.05, 3.63) is 53.0 Å². The smallest absolute Gasteiger partial charge is 0.243 e. The molecule has 2 rings (SSSR count). The number of carbonyl (C=O) groups is 1. The number of ether oxygens (including phenoxy) is 2. The van der Waals surface area contributed by atoms with Crippen molar-refractivity contribution in [3.63, 3.8) is 0 Å². The lowest BCUT2D eigenvalue weighted by Crippen LogP contribution is -2.21. The van der Waals surface area contributed by atoms with Gasteiger partial charge in [-0.3, -0.25) is 4.79 Å². The van der Waals surface area contributed by atoms with Crippen LogP contribution in [0, 0.1) is 0 Å². The van der Waals surface area contributed by atoms with Gasteiger partial charge in [0, 0.05) is 22.5 Å². The van der Waals surface area contributed by atoms with Crippen LogP contribution in [0.4, 0.5) is 11.4 Å². The number of carbonyl (C=O) groups excluding carboxylic acids is 1. The summed E-state index contributed by atoms with van der Waals surface area (Å²) >= 11 is 3.37. The highest BCUT2D eigenvalue weighted by Crippen LogP contribution is 2.17. The predicted octanol–water partition coefficient (Wildman–Crippen LogP) is 3.92. The Hall–Kier alpha value is -2.05. The maximum Gasteiger partial charge on any atom is 0.243 e. The summed E-state index contributed by atoms with van der Waals surface area (Å²) in [5.74, 6) is 0.670. The molecule has 0 saturated carbocycles. The van der Waals surface area contributed by atoms with Gasteiger partial charge in [-0.25, -0.2) is 0 Å². The number of amides is 1. The molecule has 0 fully saturated rings. The van der Waals surface area contributed by atoms with Gasteiger partial charge in [-0.15, -0.1) is 0 Å². The molecule has 0 atom stereocenters. The van der Waals surface area contributed by atoms with Crippen LogP contribution in [-0.4, -0.2) is 32.3 Å². The highest BCUT2D eigenvalue weighted by Gasteiger charge is 2.03. The summed E-state index contributed by atoms with van der Waals surface area (Å²) in [4.78, 5) is 11.9. The maximum atomic E-state index is 11.9. The molecular weight excluding hydrogens is 372 g/mol. The normalized spacial score (nSPS) is 10.2. The fraction of sp³-hybridized carbons (Fsp3) is 0.278. The van der Waals surface area contributed by atoms with Crippen LogP contribution in [0.5, 0.6) is 5.75 Å². The highest BCUT2D eigenvalue weighted by molar-refractivity contribution is 9.10. The van der Waals surface area contributed by atoms with Gasteiger partial charge in [0.1, 0.15) is 12.4 Å². The molecule has 0 aliphatic rings. The van der Waals surface area contributed by atoms with Crippen molar-refractivity contribution in [1.82, 2.24) is 0 Å². The molecule has 0 aromatic heterocycles. The van der Waals surface area contributed by atoms with Gasteiger partial charge in [0.2, 0.25) is 5.91 Å². The van der Waals surface area contributed by atoms with E-state index in [1.807, 2.05) is 55.5 Å². The standard InChI is InChI=1S/C18H21BrN2O3/c1-2-23-10-11-24-17-8-6-15(7-9-17)20-13-18(22)21-16-5-3-4-14(19)12-16/h3-9,12,20H,2,10-11,13H2,1H3,(H,21,22). The first-order valence-electron chi connectivity index (χ1n) is 7.77. The lowest BCUT2D eigenvalue weighted by atomic mass is 10.3. The molecule has 2 N–H and O–H groups in total. The van der Waals surface area contributed by atoms with E-state index in [0.29, 0.717) is 19.8 Å². The lowest BCUT2D eigenvalue weighted by Gasteiger charge is -2.10. The van der Waals surface area contributed by atoms with Crippen LogP contribution >= 0.6 is 15.9 Å². The average molecular weight is 393 g/mol. The number of rotatable bonds is 9. The zero-order valence-electron chi connectivity index (χ0n) is 13.5. The summed E-state index contributed by atoms with van der Waals surface area (Å²) in [5.41, 5.74) is 1.62. The van der Waals surface area contributed by atoms with E-state index in [1.165, 1.54) is 0 Å². The van der Waals surface area contributed by atoms with E-state index in [-0.39, 0.29) is 12.5 Å². The van der Waals surface area contributed by atoms with Crippen LogP contribution in [0.2, 0.25) is 0 Å². The second kappa shape index (κ2) is 9.95. The van der Waals surface area contributed by atoms with Crippen LogP contribution in [0.1, 0.15) is 6.92 Å². The predicted molar refractivity (Wildman–Crippen MR) is 99.7 cm³/mol. The molecule has 1 amide bonds. The molecule has 0 aliphatic heterocycles. The molecule has 2 aromatic carbocycles. The van der Waals surface area contributed by atoms with Crippen molar-refractivity contribution in [2.75, 3.05) is 37.0 Å². The van der Waals surface area contributed by atoms with Crippen molar-refractivity contribution in [1.29, 1.82) is 0 Å². The largest absolute Gasteiger partial charge is 0.491 e. The van der Waals surface area contributed by atoms with Crippen molar-refractivity contribution >= 4 is 33.2 Å². The van der Waals surface area contributed by atoms with E-state index >= 15 is 0 Å². The van der Waals surface area contributed by atoms with Crippen LogP contribution in [0.25, 0.3) is 0 Å². The molecule has 5 nitrogen and oxygen atoms in total. The third-order valence-corrected chi connectivity index (χ3v) is 3.61. The molecule has 0 bridgehead atoms. The topological polar surface area (TPSA) is 59.6 Å². The van der Waals surface area contributed by atoms with Crippen molar-refractivity contribution in [3.8, 4) is 5.75 Å². The molecule has 0 heterocycles. The van der Waals surface area contributed by atoms with Crippen molar-refractivity contribution < 1.29 is 14.3 Å². The number of anilines is 2. The minimum Gasteiger partial charge on any atom is -0.491 e. The Labute approximate surface area is 150 Å². The minimum absolute atomic E-state index is 0.106. The highest BCUT2D eigenvalue weighted by atomic mass is 79.9.